The fraction of sp³-hybridized carbons (Fsp3) is 0.500. The summed E-state index contributed by atoms with van der Waals surface area (Å²) in [5.41, 5.74) is 0.826. The zero-order valence-corrected chi connectivity index (χ0v) is 15.0. The molecule has 3 atom stereocenters. The predicted molar refractivity (Wildman–Crippen MR) is 94.3 cm³/mol. The number of aliphatic hydroxyl groups is 1. The lowest BCUT2D eigenvalue weighted by atomic mass is 9.99. The number of nitrogens with one attached hydrogen (secondary N) is 2. The number of carboxylic acid groups (broad SMARTS) is 1. The maximum Gasteiger partial charge on any atom is 0.407 e. The van der Waals surface area contributed by atoms with E-state index in [1.165, 1.54) is 0 Å². The van der Waals surface area contributed by atoms with Gasteiger partial charge in [0.1, 0.15) is 12.6 Å². The first-order chi connectivity index (χ1) is 12.3. The van der Waals surface area contributed by atoms with E-state index in [-0.39, 0.29) is 25.5 Å². The van der Waals surface area contributed by atoms with E-state index in [0.29, 0.717) is 6.42 Å². The molecule has 0 saturated carbocycles. The van der Waals surface area contributed by atoms with Gasteiger partial charge in [-0.05, 0) is 11.5 Å². The second-order valence-corrected chi connectivity index (χ2v) is 6.07. The number of hydrogen-bond acceptors (Lipinski definition) is 5. The Hall–Kier alpha value is -2.61. The van der Waals surface area contributed by atoms with Crippen LogP contribution in [-0.4, -0.2) is 46.9 Å². The molecule has 0 fully saturated rings. The highest BCUT2D eigenvalue weighted by atomic mass is 16.5. The van der Waals surface area contributed by atoms with Crippen LogP contribution in [0.25, 0.3) is 0 Å². The number of ether oxygens (including phenoxy) is 1. The summed E-state index contributed by atoms with van der Waals surface area (Å²) in [5, 5.41) is 23.7. The molecule has 1 aromatic rings. The highest BCUT2D eigenvalue weighted by Crippen LogP contribution is 2.08. The van der Waals surface area contributed by atoms with Crippen molar-refractivity contribution >= 4 is 18.0 Å². The molecule has 0 aliphatic heterocycles. The molecule has 0 spiro atoms. The summed E-state index contributed by atoms with van der Waals surface area (Å²) in [7, 11) is 0. The molecule has 0 bridgehead atoms. The smallest absolute Gasteiger partial charge is 0.407 e. The van der Waals surface area contributed by atoms with Crippen LogP contribution in [0.4, 0.5) is 4.79 Å². The van der Waals surface area contributed by atoms with Crippen molar-refractivity contribution in [3.63, 3.8) is 0 Å². The third-order valence-corrected chi connectivity index (χ3v) is 3.91. The standard InChI is InChI=1S/C18H26N2O6/c1-3-12(2)16(17(23)24)20-15(22)9-14(21)10-19-18(25)26-11-13-7-5-4-6-8-13/h4-8,12,14,16,21H,3,9-11H2,1-2H3,(H,19,25)(H,20,22)(H,23,24)/t12-,14-,16+/m0/s1. The highest BCUT2D eigenvalue weighted by Gasteiger charge is 2.26. The molecule has 8 heteroatoms. The van der Waals surface area contributed by atoms with Crippen LogP contribution in [0.15, 0.2) is 30.3 Å². The van der Waals surface area contributed by atoms with Crippen molar-refractivity contribution < 1.29 is 29.3 Å². The quantitative estimate of drug-likeness (QED) is 0.494. The van der Waals surface area contributed by atoms with Gasteiger partial charge in [0.2, 0.25) is 5.91 Å². The SMILES string of the molecule is CC[C@H](C)[C@@H](NC(=O)C[C@H](O)CNC(=O)OCc1ccccc1)C(=O)O. The number of carboxylic acids is 1. The first-order valence-electron chi connectivity index (χ1n) is 8.48. The van der Waals surface area contributed by atoms with Crippen molar-refractivity contribution in [2.45, 2.75) is 45.4 Å². The summed E-state index contributed by atoms with van der Waals surface area (Å²) >= 11 is 0. The van der Waals surface area contributed by atoms with Gasteiger partial charge in [0.05, 0.1) is 12.5 Å². The first kappa shape index (κ1) is 21.4. The average Bonchev–Trinajstić information content (AvgIpc) is 2.62. The van der Waals surface area contributed by atoms with Crippen molar-refractivity contribution in [2.75, 3.05) is 6.54 Å². The second-order valence-electron chi connectivity index (χ2n) is 6.07. The van der Waals surface area contributed by atoms with E-state index >= 15 is 0 Å². The number of benzene rings is 1. The largest absolute Gasteiger partial charge is 0.480 e. The maximum atomic E-state index is 11.9. The molecule has 0 unspecified atom stereocenters. The molecule has 0 heterocycles. The van der Waals surface area contributed by atoms with Gasteiger partial charge in [-0.25, -0.2) is 9.59 Å². The molecule has 4 N–H and O–H groups in total. The Morgan fingerprint density at radius 2 is 1.85 bits per heavy atom. The molecule has 26 heavy (non-hydrogen) atoms. The molecule has 0 radical (unpaired) electrons. The molecule has 0 aromatic heterocycles. The van der Waals surface area contributed by atoms with Crippen LogP contribution in [0.3, 0.4) is 0 Å². The van der Waals surface area contributed by atoms with Gasteiger partial charge in [-0.15, -0.1) is 0 Å². The zero-order chi connectivity index (χ0) is 19.5. The van der Waals surface area contributed by atoms with E-state index in [1.54, 1.807) is 6.92 Å². The summed E-state index contributed by atoms with van der Waals surface area (Å²) < 4.78 is 4.99. The van der Waals surface area contributed by atoms with E-state index in [9.17, 15) is 19.5 Å². The number of carbonyl (C=O) groups is 3. The molecular weight excluding hydrogens is 340 g/mol. The monoisotopic (exact) mass is 366 g/mol. The van der Waals surface area contributed by atoms with Crippen molar-refractivity contribution in [2.24, 2.45) is 5.92 Å². The third kappa shape index (κ3) is 7.98. The minimum atomic E-state index is -1.15. The Morgan fingerprint density at radius 1 is 1.19 bits per heavy atom. The van der Waals surface area contributed by atoms with Gasteiger partial charge < -0.3 is 25.6 Å². The topological polar surface area (TPSA) is 125 Å². The molecular formula is C18H26N2O6. The summed E-state index contributed by atoms with van der Waals surface area (Å²) in [5.74, 6) is -1.95. The lowest BCUT2D eigenvalue weighted by Gasteiger charge is -2.21. The molecule has 1 aromatic carbocycles. The molecule has 0 aliphatic carbocycles. The number of amides is 2. The van der Waals surface area contributed by atoms with E-state index in [0.717, 1.165) is 5.56 Å². The zero-order valence-electron chi connectivity index (χ0n) is 15.0. The Balaban J connectivity index is 2.31. The van der Waals surface area contributed by atoms with Crippen LogP contribution in [0.1, 0.15) is 32.3 Å². The predicted octanol–water partition coefficient (Wildman–Crippen LogP) is 1.28. The van der Waals surface area contributed by atoms with Gasteiger partial charge in [-0.3, -0.25) is 4.79 Å². The Labute approximate surface area is 152 Å². The van der Waals surface area contributed by atoms with E-state index in [4.69, 9.17) is 9.84 Å². The van der Waals surface area contributed by atoms with E-state index in [2.05, 4.69) is 10.6 Å². The molecule has 144 valence electrons. The fourth-order valence-corrected chi connectivity index (χ4v) is 2.18. The Kier molecular flexibility index (Phi) is 9.14. The number of hydrogen-bond donors (Lipinski definition) is 4. The van der Waals surface area contributed by atoms with Crippen molar-refractivity contribution in [3.05, 3.63) is 35.9 Å². The van der Waals surface area contributed by atoms with E-state index < -0.39 is 30.1 Å². The van der Waals surface area contributed by atoms with Gasteiger partial charge in [-0.2, -0.15) is 0 Å². The minimum Gasteiger partial charge on any atom is -0.480 e. The van der Waals surface area contributed by atoms with Gasteiger partial charge in [0.15, 0.2) is 0 Å². The minimum absolute atomic E-state index is 0.0957. The fourth-order valence-electron chi connectivity index (χ4n) is 2.18. The van der Waals surface area contributed by atoms with Crippen LogP contribution >= 0.6 is 0 Å². The number of aliphatic hydroxyl groups excluding tert-OH is 1. The van der Waals surface area contributed by atoms with Gasteiger partial charge >= 0.3 is 12.1 Å². The van der Waals surface area contributed by atoms with Crippen molar-refractivity contribution in [3.8, 4) is 0 Å². The molecule has 1 rings (SSSR count). The Morgan fingerprint density at radius 3 is 2.42 bits per heavy atom. The van der Waals surface area contributed by atoms with Crippen LogP contribution < -0.4 is 10.6 Å². The van der Waals surface area contributed by atoms with Gasteiger partial charge in [0.25, 0.3) is 0 Å². The number of carbonyl (C=O) groups excluding carboxylic acids is 2. The highest BCUT2D eigenvalue weighted by molar-refractivity contribution is 5.84. The lowest BCUT2D eigenvalue weighted by molar-refractivity contribution is -0.143. The second kappa shape index (κ2) is 11.1. The average molecular weight is 366 g/mol. The Bertz CT molecular complexity index is 593. The lowest BCUT2D eigenvalue weighted by Crippen LogP contribution is -2.46. The summed E-state index contributed by atoms with van der Waals surface area (Å²) in [6.07, 6.45) is -1.59. The summed E-state index contributed by atoms with van der Waals surface area (Å²) in [4.78, 5) is 34.6. The maximum absolute atomic E-state index is 11.9. The van der Waals surface area contributed by atoms with Crippen molar-refractivity contribution in [1.82, 2.24) is 10.6 Å². The normalized spacial score (nSPS) is 14.0. The van der Waals surface area contributed by atoms with Crippen LogP contribution in [0.2, 0.25) is 0 Å². The molecule has 0 saturated heterocycles. The molecule has 8 nitrogen and oxygen atoms in total. The number of aliphatic carboxylic acids is 1. The third-order valence-electron chi connectivity index (χ3n) is 3.91. The number of rotatable bonds is 10. The first-order valence-corrected chi connectivity index (χ1v) is 8.48. The van der Waals surface area contributed by atoms with E-state index in [1.807, 2.05) is 37.3 Å². The summed E-state index contributed by atoms with van der Waals surface area (Å²) in [6, 6.07) is 8.10. The van der Waals surface area contributed by atoms with Gasteiger partial charge in [0, 0.05) is 6.54 Å². The van der Waals surface area contributed by atoms with Crippen LogP contribution in [-0.2, 0) is 20.9 Å². The molecule has 0 aliphatic rings. The van der Waals surface area contributed by atoms with Crippen molar-refractivity contribution in [1.29, 1.82) is 0 Å². The molecule has 2 amide bonds. The number of alkyl carbamates (subject to hydrolysis) is 1. The van der Waals surface area contributed by atoms with Crippen LogP contribution in [0, 0.1) is 5.92 Å². The van der Waals surface area contributed by atoms with Crippen LogP contribution in [0.5, 0.6) is 0 Å². The summed E-state index contributed by atoms with van der Waals surface area (Å²) in [6.45, 7) is 3.47. The van der Waals surface area contributed by atoms with Gasteiger partial charge in [-0.1, -0.05) is 50.6 Å².